The summed E-state index contributed by atoms with van der Waals surface area (Å²) in [7, 11) is 1.67. The Morgan fingerprint density at radius 1 is 1.22 bits per heavy atom. The quantitative estimate of drug-likeness (QED) is 0.697. The molecule has 4 rings (SSSR count). The topological polar surface area (TPSA) is 72.8 Å². The van der Waals surface area contributed by atoms with Crippen molar-refractivity contribution in [3.8, 4) is 5.75 Å². The molecule has 0 atom stereocenters. The molecule has 1 N–H and O–H groups in total. The van der Waals surface area contributed by atoms with Crippen molar-refractivity contribution in [1.82, 2.24) is 19.5 Å². The predicted molar refractivity (Wildman–Crippen MR) is 105 cm³/mol. The molecule has 0 bridgehead atoms. The fraction of sp³-hybridized carbons (Fsp3) is 0.476. The molecule has 0 spiro atoms. The first-order chi connectivity index (χ1) is 13.2. The van der Waals surface area contributed by atoms with Crippen molar-refractivity contribution in [3.05, 3.63) is 52.3 Å². The zero-order valence-corrected chi connectivity index (χ0v) is 15.8. The number of hydrogen-bond donors (Lipinski definition) is 1. The number of methoxy groups -OCH3 is 1. The Balaban J connectivity index is 1.60. The van der Waals surface area contributed by atoms with E-state index in [4.69, 9.17) is 9.72 Å². The third-order valence-corrected chi connectivity index (χ3v) is 5.51. The van der Waals surface area contributed by atoms with Crippen molar-refractivity contribution in [2.45, 2.75) is 57.4 Å². The van der Waals surface area contributed by atoms with E-state index in [1.807, 2.05) is 22.8 Å². The molecule has 1 aromatic carbocycles. The van der Waals surface area contributed by atoms with Crippen LogP contribution in [0.15, 0.2) is 35.4 Å². The van der Waals surface area contributed by atoms with Crippen molar-refractivity contribution in [3.63, 3.8) is 0 Å². The number of ether oxygens (including phenoxy) is 1. The maximum absolute atomic E-state index is 12.5. The van der Waals surface area contributed by atoms with Crippen LogP contribution in [-0.2, 0) is 13.0 Å². The van der Waals surface area contributed by atoms with Crippen LogP contribution < -0.4 is 10.3 Å². The number of nitrogens with one attached hydrogen (secondary N) is 1. The summed E-state index contributed by atoms with van der Waals surface area (Å²) in [5.41, 5.74) is 2.18. The van der Waals surface area contributed by atoms with E-state index in [2.05, 4.69) is 16.0 Å². The number of hydrogen-bond acceptors (Lipinski definition) is 4. The molecule has 2 heterocycles. The average Bonchev–Trinajstić information content (AvgIpc) is 2.91. The monoisotopic (exact) mass is 366 g/mol. The number of H-pyrrole nitrogens is 1. The van der Waals surface area contributed by atoms with Gasteiger partial charge < -0.3 is 14.3 Å². The van der Waals surface area contributed by atoms with Crippen LogP contribution in [0.25, 0.3) is 11.2 Å². The van der Waals surface area contributed by atoms with E-state index in [1.54, 1.807) is 13.4 Å². The molecule has 1 saturated carbocycles. The lowest BCUT2D eigenvalue weighted by Gasteiger charge is -2.13. The molecule has 0 radical (unpaired) electrons. The molecule has 142 valence electrons. The molecule has 6 nitrogen and oxygen atoms in total. The minimum Gasteiger partial charge on any atom is -0.497 e. The highest BCUT2D eigenvalue weighted by atomic mass is 16.5. The zero-order valence-electron chi connectivity index (χ0n) is 15.8. The van der Waals surface area contributed by atoms with Crippen molar-refractivity contribution in [2.75, 3.05) is 7.11 Å². The standard InChI is InChI=1S/C21H26N4O2/c1-27-17-10-6-7-15(13-17)11-12-25-14-22-18-20(25)23-19(24-21(18)26)16-8-4-2-3-5-9-16/h6-7,10,13-14,16H,2-5,8-9,11-12H2,1H3,(H,23,24,26). The molecule has 1 aliphatic carbocycles. The van der Waals surface area contributed by atoms with Gasteiger partial charge in [-0.15, -0.1) is 0 Å². The Morgan fingerprint density at radius 2 is 2.04 bits per heavy atom. The summed E-state index contributed by atoms with van der Waals surface area (Å²) in [5.74, 6) is 2.04. The molecule has 2 aromatic heterocycles. The Bertz CT molecular complexity index is 968. The summed E-state index contributed by atoms with van der Waals surface area (Å²) in [6.07, 6.45) is 9.74. The van der Waals surface area contributed by atoms with Crippen LogP contribution >= 0.6 is 0 Å². The van der Waals surface area contributed by atoms with E-state index in [-0.39, 0.29) is 5.56 Å². The zero-order chi connectivity index (χ0) is 18.6. The van der Waals surface area contributed by atoms with Crippen molar-refractivity contribution in [2.24, 2.45) is 0 Å². The number of aryl methyl sites for hydroxylation is 2. The molecular formula is C21H26N4O2. The molecule has 27 heavy (non-hydrogen) atoms. The Labute approximate surface area is 158 Å². The average molecular weight is 366 g/mol. The third kappa shape index (κ3) is 3.89. The van der Waals surface area contributed by atoms with Crippen LogP contribution in [0.4, 0.5) is 0 Å². The molecule has 0 unspecified atom stereocenters. The summed E-state index contributed by atoms with van der Waals surface area (Å²) >= 11 is 0. The van der Waals surface area contributed by atoms with E-state index in [9.17, 15) is 4.79 Å². The predicted octanol–water partition coefficient (Wildman–Crippen LogP) is 3.81. The van der Waals surface area contributed by atoms with Gasteiger partial charge in [0.25, 0.3) is 5.56 Å². The van der Waals surface area contributed by atoms with Gasteiger partial charge in [0, 0.05) is 12.5 Å². The first kappa shape index (κ1) is 17.8. The summed E-state index contributed by atoms with van der Waals surface area (Å²) in [4.78, 5) is 24.6. The first-order valence-corrected chi connectivity index (χ1v) is 9.82. The first-order valence-electron chi connectivity index (χ1n) is 9.82. The third-order valence-electron chi connectivity index (χ3n) is 5.51. The van der Waals surface area contributed by atoms with Crippen molar-refractivity contribution in [1.29, 1.82) is 0 Å². The maximum Gasteiger partial charge on any atom is 0.279 e. The number of imidazole rings is 1. The Morgan fingerprint density at radius 3 is 2.81 bits per heavy atom. The van der Waals surface area contributed by atoms with E-state index in [0.29, 0.717) is 17.1 Å². The van der Waals surface area contributed by atoms with Gasteiger partial charge in [-0.1, -0.05) is 37.8 Å². The van der Waals surface area contributed by atoms with Crippen LogP contribution in [-0.4, -0.2) is 26.6 Å². The van der Waals surface area contributed by atoms with Crippen molar-refractivity contribution >= 4 is 11.2 Å². The van der Waals surface area contributed by atoms with Crippen LogP contribution in [0.2, 0.25) is 0 Å². The van der Waals surface area contributed by atoms with E-state index in [0.717, 1.165) is 37.4 Å². The largest absolute Gasteiger partial charge is 0.497 e. The summed E-state index contributed by atoms with van der Waals surface area (Å²) in [5, 5.41) is 0. The lowest BCUT2D eigenvalue weighted by molar-refractivity contribution is 0.414. The number of benzene rings is 1. The van der Waals surface area contributed by atoms with Crippen LogP contribution in [0.1, 0.15) is 55.8 Å². The number of rotatable bonds is 5. The number of aromatic amines is 1. The lowest BCUT2D eigenvalue weighted by Crippen LogP contribution is -2.16. The molecule has 3 aromatic rings. The molecule has 0 saturated heterocycles. The Hall–Kier alpha value is -2.63. The smallest absolute Gasteiger partial charge is 0.279 e. The van der Waals surface area contributed by atoms with Crippen molar-refractivity contribution < 1.29 is 4.74 Å². The molecule has 0 amide bonds. The highest BCUT2D eigenvalue weighted by molar-refractivity contribution is 5.69. The highest BCUT2D eigenvalue weighted by Crippen LogP contribution is 2.29. The van der Waals surface area contributed by atoms with Gasteiger partial charge in [-0.3, -0.25) is 4.79 Å². The second kappa shape index (κ2) is 7.94. The normalized spacial score (nSPS) is 15.7. The van der Waals surface area contributed by atoms with Gasteiger partial charge >= 0.3 is 0 Å². The second-order valence-corrected chi connectivity index (χ2v) is 7.35. The Kier molecular flexibility index (Phi) is 5.23. The van der Waals surface area contributed by atoms with E-state index >= 15 is 0 Å². The maximum atomic E-state index is 12.5. The highest BCUT2D eigenvalue weighted by Gasteiger charge is 2.19. The number of nitrogens with zero attached hydrogens (tertiary/aromatic N) is 3. The van der Waals surface area contributed by atoms with Gasteiger partial charge in [-0.25, -0.2) is 9.97 Å². The van der Waals surface area contributed by atoms with Gasteiger partial charge in [0.05, 0.1) is 13.4 Å². The number of fused-ring (bicyclic) bond motifs is 1. The van der Waals surface area contributed by atoms with Gasteiger partial charge in [-0.05, 0) is 37.0 Å². The molecule has 6 heteroatoms. The minimum atomic E-state index is -0.126. The molecule has 1 aliphatic rings. The fourth-order valence-electron chi connectivity index (χ4n) is 3.96. The van der Waals surface area contributed by atoms with E-state index in [1.165, 1.54) is 31.2 Å². The van der Waals surface area contributed by atoms with Crippen LogP contribution in [0.5, 0.6) is 5.75 Å². The van der Waals surface area contributed by atoms with Gasteiger partial charge in [0.2, 0.25) is 0 Å². The molecule has 0 aliphatic heterocycles. The van der Waals surface area contributed by atoms with E-state index < -0.39 is 0 Å². The minimum absolute atomic E-state index is 0.126. The second-order valence-electron chi connectivity index (χ2n) is 7.35. The van der Waals surface area contributed by atoms with Gasteiger partial charge in [-0.2, -0.15) is 0 Å². The van der Waals surface area contributed by atoms with Crippen LogP contribution in [0.3, 0.4) is 0 Å². The SMILES string of the molecule is COc1cccc(CCn2cnc3c(=O)[nH]c(C4CCCCCC4)nc32)c1. The van der Waals surface area contributed by atoms with Gasteiger partial charge in [0.15, 0.2) is 11.2 Å². The summed E-state index contributed by atoms with van der Waals surface area (Å²) in [6.45, 7) is 0.726. The fourth-order valence-corrected chi connectivity index (χ4v) is 3.96. The lowest BCUT2D eigenvalue weighted by atomic mass is 9.99. The molecular weight excluding hydrogens is 340 g/mol. The summed E-state index contributed by atoms with van der Waals surface area (Å²) in [6, 6.07) is 8.05. The summed E-state index contributed by atoms with van der Waals surface area (Å²) < 4.78 is 7.28. The molecule has 1 fully saturated rings. The van der Waals surface area contributed by atoms with Crippen LogP contribution in [0, 0.1) is 0 Å². The number of aromatic nitrogens is 4. The van der Waals surface area contributed by atoms with Gasteiger partial charge in [0.1, 0.15) is 11.6 Å².